The third-order valence-electron chi connectivity index (χ3n) is 5.45. The molecule has 1 atom stereocenters. The van der Waals surface area contributed by atoms with Crippen LogP contribution in [0.5, 0.6) is 5.75 Å². The number of hydrogen-bond acceptors (Lipinski definition) is 7. The van der Waals surface area contributed by atoms with Crippen LogP contribution in [0.3, 0.4) is 0 Å². The molecule has 1 N–H and O–H groups in total. The maximum Gasteiger partial charge on any atom is 0.257 e. The van der Waals surface area contributed by atoms with Gasteiger partial charge in [0.15, 0.2) is 5.13 Å². The molecule has 2 heterocycles. The minimum atomic E-state index is -3.66. The molecule has 1 aliphatic heterocycles. The van der Waals surface area contributed by atoms with E-state index in [2.05, 4.69) is 10.3 Å². The molecule has 1 aliphatic rings. The first kappa shape index (κ1) is 22.7. The lowest BCUT2D eigenvalue weighted by Gasteiger charge is -2.20. The van der Waals surface area contributed by atoms with Crippen molar-refractivity contribution in [3.05, 3.63) is 47.5 Å². The van der Waals surface area contributed by atoms with Gasteiger partial charge in [0, 0.05) is 25.8 Å². The van der Waals surface area contributed by atoms with Crippen LogP contribution in [0.25, 0.3) is 10.2 Å². The van der Waals surface area contributed by atoms with Crippen LogP contribution >= 0.6 is 11.3 Å². The number of carbonyl (C=O) groups is 1. The molecule has 1 aromatic heterocycles. The molecular weight excluding hydrogens is 450 g/mol. The number of ether oxygens (including phenoxy) is 2. The number of methoxy groups -OCH3 is 1. The topological polar surface area (TPSA) is 97.8 Å². The van der Waals surface area contributed by atoms with E-state index in [0.717, 1.165) is 23.1 Å². The number of nitrogens with zero attached hydrogens (tertiary/aromatic N) is 2. The van der Waals surface area contributed by atoms with Gasteiger partial charge in [-0.3, -0.25) is 10.1 Å². The number of aromatic nitrogens is 1. The lowest BCUT2D eigenvalue weighted by molar-refractivity contribution is 0.0979. The summed E-state index contributed by atoms with van der Waals surface area (Å²) in [5.74, 6) is 0.279. The summed E-state index contributed by atoms with van der Waals surface area (Å²) in [5, 5.41) is 3.24. The molecule has 0 aliphatic carbocycles. The fraction of sp³-hybridized carbons (Fsp3) is 0.364. The molecule has 0 radical (unpaired) electrons. The highest BCUT2D eigenvalue weighted by atomic mass is 32.2. The first-order valence-corrected chi connectivity index (χ1v) is 12.5. The first-order valence-electron chi connectivity index (χ1n) is 10.2. The predicted molar refractivity (Wildman–Crippen MR) is 124 cm³/mol. The smallest absolute Gasteiger partial charge is 0.257 e. The van der Waals surface area contributed by atoms with Gasteiger partial charge < -0.3 is 9.47 Å². The molecule has 0 saturated carbocycles. The van der Waals surface area contributed by atoms with Crippen molar-refractivity contribution in [1.82, 2.24) is 9.29 Å². The summed E-state index contributed by atoms with van der Waals surface area (Å²) in [6, 6.07) is 9.68. The van der Waals surface area contributed by atoms with Gasteiger partial charge in [0.2, 0.25) is 10.0 Å². The fourth-order valence-electron chi connectivity index (χ4n) is 3.63. The summed E-state index contributed by atoms with van der Waals surface area (Å²) in [4.78, 5) is 17.3. The fourth-order valence-corrected chi connectivity index (χ4v) is 5.78. The molecule has 1 fully saturated rings. The Kier molecular flexibility index (Phi) is 6.47. The molecule has 2 aromatic carbocycles. The number of anilines is 1. The zero-order valence-electron chi connectivity index (χ0n) is 18.1. The Labute approximate surface area is 191 Å². The summed E-state index contributed by atoms with van der Waals surface area (Å²) < 4.78 is 38.8. The molecule has 4 rings (SSSR count). The summed E-state index contributed by atoms with van der Waals surface area (Å²) in [5.41, 5.74) is 2.08. The van der Waals surface area contributed by atoms with Crippen molar-refractivity contribution in [2.45, 2.75) is 30.8 Å². The maximum atomic E-state index is 12.8. The van der Waals surface area contributed by atoms with E-state index in [9.17, 15) is 13.2 Å². The Morgan fingerprint density at radius 3 is 2.69 bits per heavy atom. The summed E-state index contributed by atoms with van der Waals surface area (Å²) in [7, 11) is -0.539. The number of nitrogens with one attached hydrogen (secondary N) is 1. The molecular formula is C22H25N3O5S2. The monoisotopic (exact) mass is 475 g/mol. The van der Waals surface area contributed by atoms with Crippen LogP contribution in [0, 0.1) is 6.92 Å². The van der Waals surface area contributed by atoms with Gasteiger partial charge in [-0.15, -0.1) is 0 Å². The van der Waals surface area contributed by atoms with Crippen molar-refractivity contribution in [2.24, 2.45) is 0 Å². The predicted octanol–water partition coefficient (Wildman–Crippen LogP) is 3.67. The number of fused-ring (bicyclic) bond motifs is 1. The van der Waals surface area contributed by atoms with Crippen LogP contribution in [0.15, 0.2) is 41.3 Å². The Hall–Kier alpha value is -2.53. The van der Waals surface area contributed by atoms with Gasteiger partial charge in [-0.05, 0) is 55.7 Å². The van der Waals surface area contributed by atoms with E-state index >= 15 is 0 Å². The second-order valence-electron chi connectivity index (χ2n) is 7.68. The minimum Gasteiger partial charge on any atom is -0.494 e. The van der Waals surface area contributed by atoms with E-state index in [0.29, 0.717) is 35.1 Å². The molecule has 0 bridgehead atoms. The van der Waals surface area contributed by atoms with E-state index in [-0.39, 0.29) is 16.9 Å². The molecule has 170 valence electrons. The number of sulfonamides is 1. The Balaban J connectivity index is 1.48. The molecule has 1 amide bonds. The van der Waals surface area contributed by atoms with Gasteiger partial charge >= 0.3 is 0 Å². The largest absolute Gasteiger partial charge is 0.494 e. The van der Waals surface area contributed by atoms with E-state index in [1.807, 2.05) is 19.1 Å². The van der Waals surface area contributed by atoms with E-state index in [1.165, 1.54) is 39.9 Å². The summed E-state index contributed by atoms with van der Waals surface area (Å²) in [6.45, 7) is 2.95. The molecule has 1 saturated heterocycles. The van der Waals surface area contributed by atoms with Crippen LogP contribution < -0.4 is 10.1 Å². The molecule has 8 nitrogen and oxygen atoms in total. The third-order valence-corrected chi connectivity index (χ3v) is 8.40. The second-order valence-corrected chi connectivity index (χ2v) is 10.7. The van der Waals surface area contributed by atoms with Crippen LogP contribution in [-0.2, 0) is 14.8 Å². The molecule has 0 spiro atoms. The average Bonchev–Trinajstić information content (AvgIpc) is 3.44. The molecule has 1 unspecified atom stereocenters. The lowest BCUT2D eigenvalue weighted by Crippen LogP contribution is -2.34. The lowest BCUT2D eigenvalue weighted by atomic mass is 10.2. The van der Waals surface area contributed by atoms with Crippen LogP contribution in [0.1, 0.15) is 28.8 Å². The zero-order valence-corrected chi connectivity index (χ0v) is 19.8. The number of thiazole rings is 1. The summed E-state index contributed by atoms with van der Waals surface area (Å²) in [6.07, 6.45) is 1.73. The van der Waals surface area contributed by atoms with Crippen molar-refractivity contribution < 1.29 is 22.7 Å². The number of amides is 1. The highest BCUT2D eigenvalue weighted by Gasteiger charge is 2.26. The Bertz CT molecular complexity index is 1230. The maximum absolute atomic E-state index is 12.8. The van der Waals surface area contributed by atoms with Gasteiger partial charge in [-0.25, -0.2) is 13.4 Å². The number of benzene rings is 2. The average molecular weight is 476 g/mol. The van der Waals surface area contributed by atoms with Crippen molar-refractivity contribution in [2.75, 3.05) is 32.6 Å². The number of hydrogen-bond donors (Lipinski definition) is 1. The number of likely N-dealkylation sites (N-methyl/N-ethyl adjacent to an activating group) is 1. The van der Waals surface area contributed by atoms with Gasteiger partial charge in [0.1, 0.15) is 11.3 Å². The number of aryl methyl sites for hydroxylation is 1. The Morgan fingerprint density at radius 1 is 1.28 bits per heavy atom. The van der Waals surface area contributed by atoms with Crippen LogP contribution in [-0.4, -0.2) is 57.0 Å². The van der Waals surface area contributed by atoms with Crippen LogP contribution in [0.4, 0.5) is 5.13 Å². The van der Waals surface area contributed by atoms with Crippen molar-refractivity contribution in [3.8, 4) is 5.75 Å². The third kappa shape index (κ3) is 4.49. The number of rotatable bonds is 7. The van der Waals surface area contributed by atoms with Crippen molar-refractivity contribution in [3.63, 3.8) is 0 Å². The Morgan fingerprint density at radius 2 is 2.03 bits per heavy atom. The SMILES string of the molecule is COc1ccc(C)c2sc(NC(=O)c3ccc(S(=O)(=O)N(C)CC4CCCO4)cc3)nc12. The van der Waals surface area contributed by atoms with Gasteiger partial charge in [-0.1, -0.05) is 17.4 Å². The van der Waals surface area contributed by atoms with E-state index in [4.69, 9.17) is 9.47 Å². The van der Waals surface area contributed by atoms with Gasteiger partial charge in [0.25, 0.3) is 5.91 Å². The molecule has 10 heteroatoms. The second kappa shape index (κ2) is 9.14. The van der Waals surface area contributed by atoms with E-state index < -0.39 is 10.0 Å². The zero-order chi connectivity index (χ0) is 22.9. The quantitative estimate of drug-likeness (QED) is 0.560. The molecule has 32 heavy (non-hydrogen) atoms. The minimum absolute atomic E-state index is 0.0732. The number of carbonyl (C=O) groups excluding carboxylic acids is 1. The van der Waals surface area contributed by atoms with Crippen molar-refractivity contribution in [1.29, 1.82) is 0 Å². The first-order chi connectivity index (χ1) is 15.3. The van der Waals surface area contributed by atoms with Gasteiger partial charge in [-0.2, -0.15) is 4.31 Å². The summed E-state index contributed by atoms with van der Waals surface area (Å²) >= 11 is 1.37. The van der Waals surface area contributed by atoms with Crippen LogP contribution in [0.2, 0.25) is 0 Å². The van der Waals surface area contributed by atoms with Crippen molar-refractivity contribution >= 4 is 42.6 Å². The normalized spacial score (nSPS) is 16.6. The van der Waals surface area contributed by atoms with Gasteiger partial charge in [0.05, 0.1) is 22.8 Å². The van der Waals surface area contributed by atoms with E-state index in [1.54, 1.807) is 14.2 Å². The highest BCUT2D eigenvalue weighted by Crippen LogP contribution is 2.34. The standard InChI is InChI=1S/C22H25N3O5S2/c1-14-6-11-18(29-3)19-20(14)31-22(23-19)24-21(26)15-7-9-17(10-8-15)32(27,28)25(2)13-16-5-4-12-30-16/h6-11,16H,4-5,12-13H2,1-3H3,(H,23,24,26). The molecule has 3 aromatic rings. The highest BCUT2D eigenvalue weighted by molar-refractivity contribution is 7.89.